The van der Waals surface area contributed by atoms with Crippen LogP contribution in [0.25, 0.3) is 5.69 Å². The van der Waals surface area contributed by atoms with Crippen LogP contribution in [0, 0.1) is 0 Å². The first-order chi connectivity index (χ1) is 12.3. The molecule has 1 aromatic heterocycles. The molecule has 1 heterocycles. The first-order valence-corrected chi connectivity index (χ1v) is 8.73. The van der Waals surface area contributed by atoms with Gasteiger partial charge in [0.05, 0.1) is 11.3 Å². The van der Waals surface area contributed by atoms with Crippen LogP contribution in [0.3, 0.4) is 0 Å². The molecule has 7 nitrogen and oxygen atoms in total. The van der Waals surface area contributed by atoms with Crippen LogP contribution in [0.4, 0.5) is 0 Å². The number of nitrogens with zero attached hydrogens (tertiary/aromatic N) is 4. The van der Waals surface area contributed by atoms with E-state index in [1.54, 1.807) is 28.6 Å². The fraction of sp³-hybridized carbons (Fsp3) is 0.176. The third-order valence-electron chi connectivity index (χ3n) is 3.51. The molecule has 3 aromatic rings. The molecule has 0 fully saturated rings. The quantitative estimate of drug-likeness (QED) is 0.450. The molecule has 26 heavy (non-hydrogen) atoms. The number of carbonyl (C=O) groups is 1. The number of hydrogen-bond donors (Lipinski definition) is 2. The first kappa shape index (κ1) is 19.9. The van der Waals surface area contributed by atoms with Gasteiger partial charge in [0.25, 0.3) is 0 Å². The Balaban J connectivity index is 0.00000243. The van der Waals surface area contributed by atoms with E-state index >= 15 is 0 Å². The summed E-state index contributed by atoms with van der Waals surface area (Å²) in [6, 6.07) is 16.7. The average molecular weight is 392 g/mol. The molecule has 0 radical (unpaired) electrons. The predicted octanol–water partition coefficient (Wildman–Crippen LogP) is 2.66. The van der Waals surface area contributed by atoms with Crippen LogP contribution in [-0.2, 0) is 6.54 Å². The number of halogens is 1. The van der Waals surface area contributed by atoms with Crippen molar-refractivity contribution in [2.45, 2.75) is 11.7 Å². The van der Waals surface area contributed by atoms with Gasteiger partial charge in [-0.2, -0.15) is 4.68 Å². The second-order valence-electron chi connectivity index (χ2n) is 5.20. The Bertz CT molecular complexity index is 844. The van der Waals surface area contributed by atoms with E-state index in [0.29, 0.717) is 18.7 Å². The fourth-order valence-electron chi connectivity index (χ4n) is 2.32. The summed E-state index contributed by atoms with van der Waals surface area (Å²) in [4.78, 5) is 11.2. The summed E-state index contributed by atoms with van der Waals surface area (Å²) < 4.78 is 1.70. The molecular formula is C17H18ClN5O2S. The standard InChI is InChI=1S/C17H17N5O2S.ClH/c23-16(24)15-9-5-4-6-13(15)12-18-10-11-25-17-19-20-21-22(17)14-7-2-1-3-8-14;/h1-9,18H,10-12H2,(H,23,24);1H. The molecule has 0 saturated carbocycles. The third-order valence-corrected chi connectivity index (χ3v) is 4.44. The van der Waals surface area contributed by atoms with Crippen molar-refractivity contribution < 1.29 is 9.90 Å². The molecule has 0 aliphatic rings. The smallest absolute Gasteiger partial charge is 0.336 e. The van der Waals surface area contributed by atoms with E-state index in [1.807, 2.05) is 42.5 Å². The summed E-state index contributed by atoms with van der Waals surface area (Å²) in [7, 11) is 0. The Hall–Kier alpha value is -2.42. The average Bonchev–Trinajstić information content (AvgIpc) is 3.11. The number of tetrazole rings is 1. The molecule has 3 rings (SSSR count). The lowest BCUT2D eigenvalue weighted by Gasteiger charge is -2.08. The van der Waals surface area contributed by atoms with Gasteiger partial charge in [-0.15, -0.1) is 17.5 Å². The minimum Gasteiger partial charge on any atom is -0.478 e. The number of thioether (sulfide) groups is 1. The summed E-state index contributed by atoms with van der Waals surface area (Å²) in [6.07, 6.45) is 0. The second kappa shape index (κ2) is 9.91. The van der Waals surface area contributed by atoms with Gasteiger partial charge in [0.2, 0.25) is 5.16 Å². The van der Waals surface area contributed by atoms with Crippen LogP contribution in [0.15, 0.2) is 59.8 Å². The van der Waals surface area contributed by atoms with Gasteiger partial charge < -0.3 is 10.4 Å². The molecule has 136 valence electrons. The van der Waals surface area contributed by atoms with Gasteiger partial charge in [0.1, 0.15) is 0 Å². The van der Waals surface area contributed by atoms with E-state index in [9.17, 15) is 9.90 Å². The number of carboxylic acid groups (broad SMARTS) is 1. The minimum absolute atomic E-state index is 0. The highest BCUT2D eigenvalue weighted by atomic mass is 35.5. The van der Waals surface area contributed by atoms with Gasteiger partial charge in [0.15, 0.2) is 0 Å². The maximum Gasteiger partial charge on any atom is 0.336 e. The van der Waals surface area contributed by atoms with Gasteiger partial charge >= 0.3 is 5.97 Å². The molecule has 9 heteroatoms. The van der Waals surface area contributed by atoms with Crippen LogP contribution in [-0.4, -0.2) is 43.6 Å². The lowest BCUT2D eigenvalue weighted by Crippen LogP contribution is -2.18. The number of hydrogen-bond acceptors (Lipinski definition) is 6. The maximum absolute atomic E-state index is 11.2. The van der Waals surface area contributed by atoms with E-state index < -0.39 is 5.97 Å². The van der Waals surface area contributed by atoms with E-state index in [1.165, 1.54) is 0 Å². The van der Waals surface area contributed by atoms with Gasteiger partial charge in [-0.1, -0.05) is 48.2 Å². The van der Waals surface area contributed by atoms with Gasteiger partial charge in [0, 0.05) is 18.8 Å². The van der Waals surface area contributed by atoms with Crippen molar-refractivity contribution >= 4 is 30.1 Å². The van der Waals surface area contributed by atoms with E-state index in [2.05, 4.69) is 20.8 Å². The zero-order valence-corrected chi connectivity index (χ0v) is 15.4. The molecule has 0 amide bonds. The number of aromatic nitrogens is 4. The molecular weight excluding hydrogens is 374 g/mol. The normalized spacial score (nSPS) is 10.3. The van der Waals surface area contributed by atoms with Crippen molar-refractivity contribution in [1.82, 2.24) is 25.5 Å². The molecule has 0 spiro atoms. The Morgan fingerprint density at radius 1 is 1.12 bits per heavy atom. The fourth-order valence-corrected chi connectivity index (χ4v) is 3.11. The molecule has 0 unspecified atom stereocenters. The Labute approximate surface area is 161 Å². The van der Waals surface area contributed by atoms with Crippen molar-refractivity contribution in [2.75, 3.05) is 12.3 Å². The number of para-hydroxylation sites is 1. The molecule has 0 aliphatic heterocycles. The van der Waals surface area contributed by atoms with Crippen molar-refractivity contribution in [3.8, 4) is 5.69 Å². The van der Waals surface area contributed by atoms with Crippen molar-refractivity contribution in [3.63, 3.8) is 0 Å². The van der Waals surface area contributed by atoms with Gasteiger partial charge in [-0.05, 0) is 34.2 Å². The van der Waals surface area contributed by atoms with Crippen LogP contribution in [0.2, 0.25) is 0 Å². The molecule has 2 aromatic carbocycles. The summed E-state index contributed by atoms with van der Waals surface area (Å²) in [6.45, 7) is 1.22. The lowest BCUT2D eigenvalue weighted by molar-refractivity contribution is 0.0695. The summed E-state index contributed by atoms with van der Waals surface area (Å²) >= 11 is 1.54. The van der Waals surface area contributed by atoms with Crippen LogP contribution in [0.1, 0.15) is 15.9 Å². The second-order valence-corrected chi connectivity index (χ2v) is 6.26. The third kappa shape index (κ3) is 5.04. The Morgan fingerprint density at radius 2 is 1.85 bits per heavy atom. The Morgan fingerprint density at radius 3 is 2.62 bits per heavy atom. The van der Waals surface area contributed by atoms with E-state index in [-0.39, 0.29) is 12.4 Å². The number of nitrogens with one attached hydrogen (secondary N) is 1. The van der Waals surface area contributed by atoms with Crippen molar-refractivity contribution in [3.05, 3.63) is 65.7 Å². The first-order valence-electron chi connectivity index (χ1n) is 7.74. The van der Waals surface area contributed by atoms with Crippen LogP contribution >= 0.6 is 24.2 Å². The highest BCUT2D eigenvalue weighted by Crippen LogP contribution is 2.17. The van der Waals surface area contributed by atoms with Gasteiger partial charge in [-0.25, -0.2) is 4.79 Å². The molecule has 0 atom stereocenters. The SMILES string of the molecule is Cl.O=C(O)c1ccccc1CNCCSc1nnnn1-c1ccccc1. The monoisotopic (exact) mass is 391 g/mol. The topological polar surface area (TPSA) is 92.9 Å². The van der Waals surface area contributed by atoms with Crippen LogP contribution < -0.4 is 5.32 Å². The highest BCUT2D eigenvalue weighted by molar-refractivity contribution is 7.99. The zero-order chi connectivity index (χ0) is 17.5. The molecule has 0 bridgehead atoms. The summed E-state index contributed by atoms with van der Waals surface area (Å²) in [5.41, 5.74) is 2.02. The number of benzene rings is 2. The molecule has 0 aliphatic carbocycles. The van der Waals surface area contributed by atoms with E-state index in [4.69, 9.17) is 0 Å². The summed E-state index contributed by atoms with van der Waals surface area (Å²) in [5, 5.41) is 24.9. The van der Waals surface area contributed by atoms with Crippen LogP contribution in [0.5, 0.6) is 0 Å². The lowest BCUT2D eigenvalue weighted by atomic mass is 10.1. The highest BCUT2D eigenvalue weighted by Gasteiger charge is 2.10. The maximum atomic E-state index is 11.2. The largest absolute Gasteiger partial charge is 0.478 e. The Kier molecular flexibility index (Phi) is 7.58. The number of rotatable bonds is 8. The molecule has 0 saturated heterocycles. The number of carboxylic acids is 1. The predicted molar refractivity (Wildman–Crippen MR) is 102 cm³/mol. The van der Waals surface area contributed by atoms with Crippen molar-refractivity contribution in [1.29, 1.82) is 0 Å². The van der Waals surface area contributed by atoms with Gasteiger partial charge in [-0.3, -0.25) is 0 Å². The number of aromatic carboxylic acids is 1. The minimum atomic E-state index is -0.909. The summed E-state index contributed by atoms with van der Waals surface area (Å²) in [5.74, 6) is -0.142. The molecule has 2 N–H and O–H groups in total. The van der Waals surface area contributed by atoms with Crippen molar-refractivity contribution in [2.24, 2.45) is 0 Å². The van der Waals surface area contributed by atoms with E-state index in [0.717, 1.165) is 22.2 Å². The zero-order valence-electron chi connectivity index (χ0n) is 13.8.